The van der Waals surface area contributed by atoms with Gasteiger partial charge in [0.2, 0.25) is 0 Å². The average molecular weight is 276 g/mol. The van der Waals surface area contributed by atoms with E-state index < -0.39 is 8.32 Å². The van der Waals surface area contributed by atoms with E-state index >= 15 is 0 Å². The first-order valence-electron chi connectivity index (χ1n) is 6.57. The van der Waals surface area contributed by atoms with Gasteiger partial charge in [0.1, 0.15) is 0 Å². The van der Waals surface area contributed by atoms with Crippen LogP contribution in [0, 0.1) is 0 Å². The normalized spacial score (nSPS) is 12.3. The van der Waals surface area contributed by atoms with E-state index in [1.54, 1.807) is 0 Å². The molecular weight excluding hydrogens is 252 g/mol. The molecule has 0 saturated carbocycles. The van der Waals surface area contributed by atoms with Gasteiger partial charge in [-0.1, -0.05) is 51.6 Å². The van der Waals surface area contributed by atoms with Crippen LogP contribution in [0.25, 0.3) is 0 Å². The van der Waals surface area contributed by atoms with E-state index in [-0.39, 0.29) is 10.8 Å². The third-order valence-corrected chi connectivity index (χ3v) is 8.34. The first-order valence-corrected chi connectivity index (χ1v) is 9.48. The van der Waals surface area contributed by atoms with E-state index in [9.17, 15) is 4.79 Å². The number of benzene rings is 1. The van der Waals surface area contributed by atoms with Crippen molar-refractivity contribution in [3.8, 4) is 0 Å². The molecule has 0 aliphatic heterocycles. The second-order valence-electron chi connectivity index (χ2n) is 6.27. The predicted molar refractivity (Wildman–Crippen MR) is 83.0 cm³/mol. The van der Waals surface area contributed by atoms with E-state index in [0.29, 0.717) is 12.2 Å². The SMILES string of the molecule is C=CC(=O)c1ccccc1CO[Si](C)(C)C(C)(C)C. The molecule has 0 aromatic heterocycles. The highest BCUT2D eigenvalue weighted by molar-refractivity contribution is 6.74. The van der Waals surface area contributed by atoms with Crippen molar-refractivity contribution in [2.24, 2.45) is 0 Å². The van der Waals surface area contributed by atoms with Gasteiger partial charge in [-0.25, -0.2) is 0 Å². The zero-order valence-corrected chi connectivity index (χ0v) is 13.6. The molecule has 104 valence electrons. The molecule has 0 unspecified atom stereocenters. The Morgan fingerprint density at radius 2 is 1.89 bits per heavy atom. The van der Waals surface area contributed by atoms with Crippen LogP contribution in [-0.4, -0.2) is 14.1 Å². The van der Waals surface area contributed by atoms with Crippen molar-refractivity contribution in [1.82, 2.24) is 0 Å². The van der Waals surface area contributed by atoms with Gasteiger partial charge in [0.15, 0.2) is 14.1 Å². The maximum Gasteiger partial charge on any atom is 0.192 e. The number of carbonyl (C=O) groups is 1. The van der Waals surface area contributed by atoms with Gasteiger partial charge in [0, 0.05) is 5.56 Å². The maximum absolute atomic E-state index is 11.8. The van der Waals surface area contributed by atoms with Crippen molar-refractivity contribution in [2.75, 3.05) is 0 Å². The number of hydrogen-bond donors (Lipinski definition) is 0. The van der Waals surface area contributed by atoms with E-state index in [1.807, 2.05) is 24.3 Å². The lowest BCUT2D eigenvalue weighted by molar-refractivity contribution is 0.104. The van der Waals surface area contributed by atoms with E-state index in [1.165, 1.54) is 6.08 Å². The third kappa shape index (κ3) is 3.88. The average Bonchev–Trinajstić information content (AvgIpc) is 2.34. The molecule has 0 amide bonds. The molecule has 0 radical (unpaired) electrons. The molecule has 0 spiro atoms. The fourth-order valence-corrected chi connectivity index (χ4v) is 2.42. The maximum atomic E-state index is 11.8. The molecule has 0 bridgehead atoms. The fourth-order valence-electron chi connectivity index (χ4n) is 1.47. The molecule has 0 heterocycles. The summed E-state index contributed by atoms with van der Waals surface area (Å²) in [5, 5.41) is 0.171. The monoisotopic (exact) mass is 276 g/mol. The molecule has 0 aliphatic rings. The Kier molecular flexibility index (Phi) is 4.88. The van der Waals surface area contributed by atoms with Gasteiger partial charge in [-0.2, -0.15) is 0 Å². The number of allylic oxidation sites excluding steroid dienone is 1. The summed E-state index contributed by atoms with van der Waals surface area (Å²) in [6.07, 6.45) is 1.35. The van der Waals surface area contributed by atoms with Gasteiger partial charge in [-0.05, 0) is 29.8 Å². The zero-order valence-electron chi connectivity index (χ0n) is 12.6. The second kappa shape index (κ2) is 5.84. The summed E-state index contributed by atoms with van der Waals surface area (Å²) < 4.78 is 6.17. The molecule has 1 aromatic rings. The topological polar surface area (TPSA) is 26.3 Å². The van der Waals surface area contributed by atoms with Crippen LogP contribution in [-0.2, 0) is 11.0 Å². The van der Waals surface area contributed by atoms with Crippen molar-refractivity contribution in [1.29, 1.82) is 0 Å². The summed E-state index contributed by atoms with van der Waals surface area (Å²) in [5.41, 5.74) is 1.63. The van der Waals surface area contributed by atoms with E-state index in [0.717, 1.165) is 5.56 Å². The quantitative estimate of drug-likeness (QED) is 0.447. The molecule has 0 saturated heterocycles. The minimum absolute atomic E-state index is 0.0468. The lowest BCUT2D eigenvalue weighted by Crippen LogP contribution is -2.40. The highest BCUT2D eigenvalue weighted by Gasteiger charge is 2.37. The first-order chi connectivity index (χ1) is 8.69. The molecular formula is C16H24O2Si. The Balaban J connectivity index is 2.90. The van der Waals surface area contributed by atoms with Crippen LogP contribution >= 0.6 is 0 Å². The molecule has 1 aromatic carbocycles. The lowest BCUT2D eigenvalue weighted by atomic mass is 10.0. The van der Waals surface area contributed by atoms with Crippen LogP contribution in [0.2, 0.25) is 18.1 Å². The summed E-state index contributed by atoms with van der Waals surface area (Å²) >= 11 is 0. The van der Waals surface area contributed by atoms with Crippen molar-refractivity contribution < 1.29 is 9.22 Å². The first kappa shape index (κ1) is 15.9. The highest BCUT2D eigenvalue weighted by Crippen LogP contribution is 2.37. The summed E-state index contributed by atoms with van der Waals surface area (Å²) in [7, 11) is -1.79. The van der Waals surface area contributed by atoms with Crippen LogP contribution < -0.4 is 0 Å². The largest absolute Gasteiger partial charge is 0.413 e. The summed E-state index contributed by atoms with van der Waals surface area (Å²) in [6.45, 7) is 15.1. The Labute approximate surface area is 117 Å². The molecule has 2 nitrogen and oxygen atoms in total. The number of carbonyl (C=O) groups excluding carboxylic acids is 1. The van der Waals surface area contributed by atoms with Gasteiger partial charge in [0.25, 0.3) is 0 Å². The van der Waals surface area contributed by atoms with Crippen LogP contribution in [0.1, 0.15) is 36.7 Å². The fraction of sp³-hybridized carbons (Fsp3) is 0.438. The van der Waals surface area contributed by atoms with Gasteiger partial charge < -0.3 is 4.43 Å². The number of ketones is 1. The Morgan fingerprint density at radius 1 is 1.32 bits per heavy atom. The number of rotatable bonds is 5. The molecule has 0 aliphatic carbocycles. The van der Waals surface area contributed by atoms with Crippen molar-refractivity contribution >= 4 is 14.1 Å². The highest BCUT2D eigenvalue weighted by atomic mass is 28.4. The van der Waals surface area contributed by atoms with Crippen molar-refractivity contribution in [3.05, 3.63) is 48.0 Å². The number of hydrogen-bond acceptors (Lipinski definition) is 2. The summed E-state index contributed by atoms with van der Waals surface area (Å²) in [6, 6.07) is 7.58. The van der Waals surface area contributed by atoms with Crippen molar-refractivity contribution in [2.45, 2.75) is 45.5 Å². The summed E-state index contributed by atoms with van der Waals surface area (Å²) in [5.74, 6) is -0.0468. The van der Waals surface area contributed by atoms with Gasteiger partial charge in [-0.3, -0.25) is 4.79 Å². The molecule has 0 N–H and O–H groups in total. The van der Waals surface area contributed by atoms with Crippen LogP contribution in [0.5, 0.6) is 0 Å². The zero-order chi connectivity index (χ0) is 14.7. The minimum Gasteiger partial charge on any atom is -0.413 e. The van der Waals surface area contributed by atoms with Gasteiger partial charge in [-0.15, -0.1) is 0 Å². The molecule has 3 heteroatoms. The van der Waals surface area contributed by atoms with Gasteiger partial charge >= 0.3 is 0 Å². The molecule has 0 fully saturated rings. The Morgan fingerprint density at radius 3 is 2.42 bits per heavy atom. The predicted octanol–water partition coefficient (Wildman–Crippen LogP) is 4.58. The van der Waals surface area contributed by atoms with Crippen LogP contribution in [0.15, 0.2) is 36.9 Å². The summed E-state index contributed by atoms with van der Waals surface area (Å²) in [4.78, 5) is 11.8. The third-order valence-electron chi connectivity index (χ3n) is 3.86. The molecule has 0 atom stereocenters. The Bertz CT molecular complexity index is 470. The van der Waals surface area contributed by atoms with Crippen LogP contribution in [0.4, 0.5) is 0 Å². The van der Waals surface area contributed by atoms with E-state index in [2.05, 4.69) is 40.4 Å². The van der Waals surface area contributed by atoms with Crippen molar-refractivity contribution in [3.63, 3.8) is 0 Å². The van der Waals surface area contributed by atoms with Gasteiger partial charge in [0.05, 0.1) is 6.61 Å². The Hall–Kier alpha value is -1.19. The van der Waals surface area contributed by atoms with Crippen LogP contribution in [0.3, 0.4) is 0 Å². The van der Waals surface area contributed by atoms with E-state index in [4.69, 9.17) is 4.43 Å². The minimum atomic E-state index is -1.79. The second-order valence-corrected chi connectivity index (χ2v) is 11.1. The lowest BCUT2D eigenvalue weighted by Gasteiger charge is -2.36. The smallest absolute Gasteiger partial charge is 0.192 e. The molecule has 1 rings (SSSR count). The molecule has 19 heavy (non-hydrogen) atoms. The standard InChI is InChI=1S/C16H24O2Si/c1-7-15(17)14-11-9-8-10-13(14)12-18-19(5,6)16(2,3)4/h7-11H,1,12H2,2-6H3.